The number of aromatic amines is 1. The molecular weight excluding hydrogens is 440 g/mol. The molecule has 3 N–H and O–H groups in total. The minimum atomic E-state index is -0.0926. The molecule has 0 saturated heterocycles. The van der Waals surface area contributed by atoms with E-state index in [2.05, 4.69) is 32.5 Å². The van der Waals surface area contributed by atoms with Crippen molar-refractivity contribution >= 4 is 5.69 Å². The smallest absolute Gasteiger partial charge is 0.329 e. The number of tetrazole rings is 1. The second-order valence-electron chi connectivity index (χ2n) is 8.38. The predicted octanol–water partition coefficient (Wildman–Crippen LogP) is 3.91. The number of aromatic nitrogens is 7. The van der Waals surface area contributed by atoms with Gasteiger partial charge in [-0.15, -0.1) is 10.2 Å². The van der Waals surface area contributed by atoms with Crippen LogP contribution in [0.15, 0.2) is 84.0 Å². The van der Waals surface area contributed by atoms with E-state index in [1.165, 1.54) is 0 Å². The van der Waals surface area contributed by atoms with Crippen molar-refractivity contribution in [2.45, 2.75) is 32.4 Å². The zero-order chi connectivity index (χ0) is 24.2. The molecule has 0 fully saturated rings. The number of anilines is 1. The van der Waals surface area contributed by atoms with Gasteiger partial charge in [-0.05, 0) is 41.0 Å². The van der Waals surface area contributed by atoms with Crippen molar-refractivity contribution in [1.29, 1.82) is 0 Å². The number of rotatable bonds is 8. The van der Waals surface area contributed by atoms with Crippen molar-refractivity contribution in [2.75, 3.05) is 5.73 Å². The van der Waals surface area contributed by atoms with Gasteiger partial charge in [-0.25, -0.2) is 4.79 Å². The molecule has 0 radical (unpaired) electrons. The summed E-state index contributed by atoms with van der Waals surface area (Å²) in [7, 11) is 0. The Bertz CT molecular complexity index is 1470. The van der Waals surface area contributed by atoms with Crippen LogP contribution < -0.4 is 11.4 Å². The summed E-state index contributed by atoms with van der Waals surface area (Å²) in [5.74, 6) is 0.491. The fourth-order valence-corrected chi connectivity index (χ4v) is 4.37. The number of imidazole rings is 1. The molecule has 3 aromatic heterocycles. The van der Waals surface area contributed by atoms with Crippen LogP contribution in [-0.4, -0.2) is 34.7 Å². The Hall–Kier alpha value is -4.53. The maximum absolute atomic E-state index is 13.3. The molecular formula is C26H26N8O. The maximum atomic E-state index is 13.3. The van der Waals surface area contributed by atoms with Crippen LogP contribution >= 0.6 is 0 Å². The van der Waals surface area contributed by atoms with Crippen molar-refractivity contribution in [3.05, 3.63) is 101 Å². The van der Waals surface area contributed by atoms with Gasteiger partial charge in [-0.1, -0.05) is 55.8 Å². The van der Waals surface area contributed by atoms with Gasteiger partial charge in [0, 0.05) is 35.4 Å². The van der Waals surface area contributed by atoms with Crippen LogP contribution in [0.2, 0.25) is 0 Å². The van der Waals surface area contributed by atoms with Gasteiger partial charge < -0.3 is 5.73 Å². The highest BCUT2D eigenvalue weighted by Crippen LogP contribution is 2.28. The van der Waals surface area contributed by atoms with Crippen LogP contribution in [0.5, 0.6) is 0 Å². The number of nitrogens with zero attached hydrogens (tertiary/aromatic N) is 6. The monoisotopic (exact) mass is 466 g/mol. The summed E-state index contributed by atoms with van der Waals surface area (Å²) in [6.45, 7) is 2.58. The van der Waals surface area contributed by atoms with Gasteiger partial charge in [0.05, 0.1) is 18.3 Å². The molecule has 5 aromatic rings. The molecule has 2 aromatic carbocycles. The van der Waals surface area contributed by atoms with Gasteiger partial charge in [-0.3, -0.25) is 14.1 Å². The van der Waals surface area contributed by atoms with E-state index in [0.717, 1.165) is 40.8 Å². The van der Waals surface area contributed by atoms with Crippen molar-refractivity contribution in [1.82, 2.24) is 34.7 Å². The minimum Gasteiger partial charge on any atom is -0.398 e. The molecule has 0 spiro atoms. The number of para-hydroxylation sites is 1. The van der Waals surface area contributed by atoms with Crippen LogP contribution in [0.1, 0.15) is 36.9 Å². The number of pyridine rings is 1. The molecule has 0 bridgehead atoms. The Balaban J connectivity index is 1.40. The van der Waals surface area contributed by atoms with E-state index >= 15 is 0 Å². The first-order valence-electron chi connectivity index (χ1n) is 11.6. The van der Waals surface area contributed by atoms with Crippen molar-refractivity contribution in [3.8, 4) is 22.6 Å². The summed E-state index contributed by atoms with van der Waals surface area (Å²) in [6.07, 6.45) is 7.21. The zero-order valence-corrected chi connectivity index (χ0v) is 19.4. The lowest BCUT2D eigenvalue weighted by molar-refractivity contribution is 0.510. The molecule has 0 saturated carbocycles. The first-order chi connectivity index (χ1) is 17.2. The highest BCUT2D eigenvalue weighted by atomic mass is 16.1. The van der Waals surface area contributed by atoms with Crippen LogP contribution in [0.3, 0.4) is 0 Å². The summed E-state index contributed by atoms with van der Waals surface area (Å²) in [4.78, 5) is 17.8. The number of nitrogens with two attached hydrogens (primary N) is 1. The topological polar surface area (TPSA) is 120 Å². The normalized spacial score (nSPS) is 12.0. The largest absolute Gasteiger partial charge is 0.398 e. The summed E-state index contributed by atoms with van der Waals surface area (Å²) in [5, 5.41) is 14.3. The molecule has 3 heterocycles. The molecule has 0 aliphatic rings. The van der Waals surface area contributed by atoms with Crippen LogP contribution in [0.25, 0.3) is 22.6 Å². The number of hydrogen-bond acceptors (Lipinski definition) is 6. The van der Waals surface area contributed by atoms with Gasteiger partial charge in [0.15, 0.2) is 0 Å². The van der Waals surface area contributed by atoms with Crippen molar-refractivity contribution in [2.24, 2.45) is 0 Å². The lowest BCUT2D eigenvalue weighted by atomic mass is 10.0. The van der Waals surface area contributed by atoms with Gasteiger partial charge >= 0.3 is 5.69 Å². The summed E-state index contributed by atoms with van der Waals surface area (Å²) in [5.41, 5.74) is 11.4. The molecule has 0 amide bonds. The molecule has 176 valence electrons. The average molecular weight is 467 g/mol. The van der Waals surface area contributed by atoms with E-state index < -0.39 is 0 Å². The molecule has 5 rings (SSSR count). The number of H-pyrrole nitrogens is 1. The Kier molecular flexibility index (Phi) is 6.21. The number of nitrogen functional groups attached to an aromatic ring is 1. The number of nitrogens with one attached hydrogen (secondary N) is 1. The molecule has 35 heavy (non-hydrogen) atoms. The fourth-order valence-electron chi connectivity index (χ4n) is 4.37. The summed E-state index contributed by atoms with van der Waals surface area (Å²) < 4.78 is 3.51. The van der Waals surface area contributed by atoms with Crippen molar-refractivity contribution < 1.29 is 0 Å². The molecule has 9 heteroatoms. The van der Waals surface area contributed by atoms with E-state index in [-0.39, 0.29) is 11.7 Å². The van der Waals surface area contributed by atoms with Crippen LogP contribution in [0, 0.1) is 0 Å². The van der Waals surface area contributed by atoms with E-state index in [0.29, 0.717) is 18.1 Å². The second-order valence-corrected chi connectivity index (χ2v) is 8.38. The highest BCUT2D eigenvalue weighted by molar-refractivity contribution is 5.76. The fraction of sp³-hybridized carbons (Fsp3) is 0.192. The Labute approximate surface area is 202 Å². The van der Waals surface area contributed by atoms with Gasteiger partial charge in [0.25, 0.3) is 0 Å². The van der Waals surface area contributed by atoms with Crippen molar-refractivity contribution in [3.63, 3.8) is 0 Å². The second kappa shape index (κ2) is 9.76. The van der Waals surface area contributed by atoms with Gasteiger partial charge in [-0.2, -0.15) is 5.21 Å². The zero-order valence-electron chi connectivity index (χ0n) is 19.4. The lowest BCUT2D eigenvalue weighted by Crippen LogP contribution is -2.28. The Morgan fingerprint density at radius 3 is 2.60 bits per heavy atom. The molecule has 0 aliphatic heterocycles. The standard InChI is InChI=1S/C26H26N8O/c1-2-6-23(20-7-3-4-9-22(20)27)34-16-15-33(26(34)35)17-18-10-12-19(13-11-18)24-21(8-5-14-28-24)25-29-31-32-30-25/h3-5,7-16,23H,2,6,17,27H2,1H3,(H,29,30,31,32). The summed E-state index contributed by atoms with van der Waals surface area (Å²) >= 11 is 0. The third-order valence-corrected chi connectivity index (χ3v) is 6.10. The Morgan fingerprint density at radius 1 is 1.03 bits per heavy atom. The molecule has 0 aliphatic carbocycles. The summed E-state index contributed by atoms with van der Waals surface area (Å²) in [6, 6.07) is 19.4. The number of hydrogen-bond donors (Lipinski definition) is 2. The van der Waals surface area contributed by atoms with Crippen LogP contribution in [0.4, 0.5) is 5.69 Å². The van der Waals surface area contributed by atoms with E-state index in [1.54, 1.807) is 15.3 Å². The SMILES string of the molecule is CCCC(c1ccccc1N)n1ccn(Cc2ccc(-c3ncccc3-c3nn[nH]n3)cc2)c1=O. The highest BCUT2D eigenvalue weighted by Gasteiger charge is 2.19. The minimum absolute atomic E-state index is 0.0556. The predicted molar refractivity (Wildman–Crippen MR) is 135 cm³/mol. The quantitative estimate of drug-likeness (QED) is 0.335. The van der Waals surface area contributed by atoms with Gasteiger partial charge in [0.2, 0.25) is 5.82 Å². The third kappa shape index (κ3) is 4.48. The molecule has 9 nitrogen and oxygen atoms in total. The third-order valence-electron chi connectivity index (χ3n) is 6.10. The maximum Gasteiger partial charge on any atom is 0.329 e. The first-order valence-corrected chi connectivity index (χ1v) is 11.6. The van der Waals surface area contributed by atoms with E-state index in [4.69, 9.17) is 5.73 Å². The lowest BCUT2D eigenvalue weighted by Gasteiger charge is -2.19. The van der Waals surface area contributed by atoms with E-state index in [1.807, 2.05) is 73.1 Å². The molecule has 1 unspecified atom stereocenters. The molecule has 1 atom stereocenters. The van der Waals surface area contributed by atoms with E-state index in [9.17, 15) is 4.79 Å². The number of benzene rings is 2. The average Bonchev–Trinajstić information content (AvgIpc) is 3.55. The first kappa shape index (κ1) is 22.3. The van der Waals surface area contributed by atoms with Gasteiger partial charge in [0.1, 0.15) is 0 Å². The Morgan fingerprint density at radius 2 is 1.86 bits per heavy atom. The van der Waals surface area contributed by atoms with Crippen LogP contribution in [-0.2, 0) is 6.54 Å².